The lowest BCUT2D eigenvalue weighted by Crippen LogP contribution is -2.45. The Morgan fingerprint density at radius 2 is 1.77 bits per heavy atom. The van der Waals surface area contributed by atoms with E-state index in [1.807, 2.05) is 29.6 Å². The van der Waals surface area contributed by atoms with Gasteiger partial charge in [0.1, 0.15) is 0 Å². The predicted molar refractivity (Wildman–Crippen MR) is 114 cm³/mol. The van der Waals surface area contributed by atoms with Crippen molar-refractivity contribution in [2.75, 3.05) is 26.2 Å². The maximum Gasteiger partial charge on any atom is 0.258 e. The summed E-state index contributed by atoms with van der Waals surface area (Å²) < 4.78 is 7.04. The number of aryl methyl sites for hydroxylation is 1. The molecule has 0 bridgehead atoms. The zero-order valence-electron chi connectivity index (χ0n) is 16.7. The molecule has 1 saturated heterocycles. The number of hydrogen-bond acceptors (Lipinski definition) is 8. The summed E-state index contributed by atoms with van der Waals surface area (Å²) in [5.74, 6) is 1.27. The van der Waals surface area contributed by atoms with Gasteiger partial charge in [-0.25, -0.2) is 4.98 Å². The van der Waals surface area contributed by atoms with Crippen molar-refractivity contribution in [3.05, 3.63) is 69.4 Å². The maximum absolute atomic E-state index is 12.2. The van der Waals surface area contributed by atoms with Crippen LogP contribution in [0.5, 0.6) is 0 Å². The van der Waals surface area contributed by atoms with Gasteiger partial charge in [0.25, 0.3) is 5.56 Å². The average Bonchev–Trinajstić information content (AvgIpc) is 3.40. The molecule has 154 valence electrons. The number of hydrogen-bond donors (Lipinski definition) is 0. The largest absolute Gasteiger partial charge is 0.338 e. The molecule has 5 rings (SSSR count). The number of benzene rings is 1. The second-order valence-corrected chi connectivity index (χ2v) is 8.44. The summed E-state index contributed by atoms with van der Waals surface area (Å²) in [4.78, 5) is 26.7. The first kappa shape index (κ1) is 19.1. The van der Waals surface area contributed by atoms with Crippen LogP contribution in [0.15, 0.2) is 51.2 Å². The van der Waals surface area contributed by atoms with Gasteiger partial charge < -0.3 is 4.52 Å². The highest BCUT2D eigenvalue weighted by molar-refractivity contribution is 7.15. The fourth-order valence-electron chi connectivity index (χ4n) is 3.63. The number of nitrogens with zero attached hydrogens (tertiary/aromatic N) is 6. The van der Waals surface area contributed by atoms with Gasteiger partial charge >= 0.3 is 0 Å². The molecular weight excluding hydrogens is 400 g/mol. The van der Waals surface area contributed by atoms with Crippen LogP contribution in [-0.4, -0.2) is 55.5 Å². The number of thiazole rings is 1. The lowest BCUT2D eigenvalue weighted by atomic mass is 10.1. The van der Waals surface area contributed by atoms with Crippen molar-refractivity contribution >= 4 is 16.3 Å². The quantitative estimate of drug-likeness (QED) is 0.489. The normalized spacial score (nSPS) is 15.8. The molecule has 1 fully saturated rings. The zero-order valence-corrected chi connectivity index (χ0v) is 17.5. The van der Waals surface area contributed by atoms with Crippen molar-refractivity contribution in [1.29, 1.82) is 0 Å². The molecule has 9 heteroatoms. The van der Waals surface area contributed by atoms with Gasteiger partial charge in [-0.15, -0.1) is 11.3 Å². The molecule has 4 aromatic rings. The molecule has 0 atom stereocenters. The Balaban J connectivity index is 1.17. The monoisotopic (exact) mass is 422 g/mol. The van der Waals surface area contributed by atoms with Crippen molar-refractivity contribution in [1.82, 2.24) is 29.3 Å². The summed E-state index contributed by atoms with van der Waals surface area (Å²) >= 11 is 1.48. The van der Waals surface area contributed by atoms with Gasteiger partial charge in [-0.3, -0.25) is 19.0 Å². The fraction of sp³-hybridized carbons (Fsp3) is 0.333. The molecule has 30 heavy (non-hydrogen) atoms. The maximum atomic E-state index is 12.2. The second kappa shape index (κ2) is 8.10. The minimum atomic E-state index is -0.0179. The Morgan fingerprint density at radius 3 is 2.53 bits per heavy atom. The number of fused-ring (bicyclic) bond motifs is 1. The SMILES string of the molecule is Cc1ccc(-c2noc(CN3CCN(Cc4cc(=O)n5ccsc5n4)CC3)n2)cc1. The van der Waals surface area contributed by atoms with Crippen LogP contribution in [0.4, 0.5) is 0 Å². The zero-order chi connectivity index (χ0) is 20.5. The van der Waals surface area contributed by atoms with E-state index in [0.29, 0.717) is 24.8 Å². The molecule has 3 aromatic heterocycles. The lowest BCUT2D eigenvalue weighted by Gasteiger charge is -2.33. The molecule has 0 amide bonds. The first-order valence-corrected chi connectivity index (χ1v) is 10.8. The van der Waals surface area contributed by atoms with Crippen molar-refractivity contribution in [3.63, 3.8) is 0 Å². The molecular formula is C21H22N6O2S. The third kappa shape index (κ3) is 4.04. The molecule has 1 aliphatic rings. The summed E-state index contributed by atoms with van der Waals surface area (Å²) in [5, 5.41) is 6.00. The second-order valence-electron chi connectivity index (χ2n) is 7.57. The average molecular weight is 423 g/mol. The van der Waals surface area contributed by atoms with Crippen molar-refractivity contribution in [2.24, 2.45) is 0 Å². The molecule has 1 aromatic carbocycles. The van der Waals surface area contributed by atoms with E-state index in [1.54, 1.807) is 16.7 Å². The highest BCUT2D eigenvalue weighted by atomic mass is 32.1. The van der Waals surface area contributed by atoms with Crippen molar-refractivity contribution in [3.8, 4) is 11.4 Å². The molecule has 0 unspecified atom stereocenters. The van der Waals surface area contributed by atoms with E-state index in [-0.39, 0.29) is 5.56 Å². The number of aromatic nitrogens is 4. The van der Waals surface area contributed by atoms with Crippen LogP contribution < -0.4 is 5.56 Å². The van der Waals surface area contributed by atoms with Gasteiger partial charge in [-0.05, 0) is 6.92 Å². The molecule has 4 heterocycles. The van der Waals surface area contributed by atoms with E-state index in [4.69, 9.17) is 4.52 Å². The molecule has 8 nitrogen and oxygen atoms in total. The minimum Gasteiger partial charge on any atom is -0.338 e. The van der Waals surface area contributed by atoms with Crippen LogP contribution in [0.3, 0.4) is 0 Å². The van der Waals surface area contributed by atoms with Crippen LogP contribution >= 0.6 is 11.3 Å². The van der Waals surface area contributed by atoms with E-state index in [1.165, 1.54) is 16.9 Å². The van der Waals surface area contributed by atoms with E-state index in [0.717, 1.165) is 42.4 Å². The van der Waals surface area contributed by atoms with E-state index < -0.39 is 0 Å². The molecule has 0 aliphatic carbocycles. The van der Waals surface area contributed by atoms with Gasteiger partial charge in [0.15, 0.2) is 4.96 Å². The summed E-state index contributed by atoms with van der Waals surface area (Å²) in [6.07, 6.45) is 1.76. The van der Waals surface area contributed by atoms with Crippen molar-refractivity contribution in [2.45, 2.75) is 20.0 Å². The summed E-state index contributed by atoms with van der Waals surface area (Å²) in [6.45, 7) is 7.02. The summed E-state index contributed by atoms with van der Waals surface area (Å²) in [6, 6.07) is 9.75. The van der Waals surface area contributed by atoms with Crippen LogP contribution in [0.1, 0.15) is 17.1 Å². The number of piperazine rings is 1. The smallest absolute Gasteiger partial charge is 0.258 e. The van der Waals surface area contributed by atoms with E-state index in [9.17, 15) is 4.79 Å². The molecule has 0 radical (unpaired) electrons. The molecule has 0 saturated carbocycles. The van der Waals surface area contributed by atoms with Gasteiger partial charge in [0.05, 0.1) is 12.2 Å². The standard InChI is InChI=1S/C21H22N6O2S/c1-15-2-4-16(5-3-15)20-23-18(29-24-20)14-26-8-6-25(7-9-26)13-17-12-19(28)27-10-11-30-21(27)22-17/h2-5,10-12H,6-9,13-14H2,1H3. The number of rotatable bonds is 5. The van der Waals surface area contributed by atoms with Crippen LogP contribution in [0, 0.1) is 6.92 Å². The first-order valence-electron chi connectivity index (χ1n) is 9.94. The molecule has 1 aliphatic heterocycles. The Labute approximate surface area is 177 Å². The Kier molecular flexibility index (Phi) is 5.16. The van der Waals surface area contributed by atoms with E-state index in [2.05, 4.69) is 31.8 Å². The summed E-state index contributed by atoms with van der Waals surface area (Å²) in [7, 11) is 0. The van der Waals surface area contributed by atoms with Gasteiger partial charge in [0, 0.05) is 55.9 Å². The van der Waals surface area contributed by atoms with Crippen molar-refractivity contribution < 1.29 is 4.52 Å². The fourth-order valence-corrected chi connectivity index (χ4v) is 4.37. The highest BCUT2D eigenvalue weighted by Crippen LogP contribution is 2.17. The van der Waals surface area contributed by atoms with Gasteiger partial charge in [-0.2, -0.15) is 4.98 Å². The third-order valence-corrected chi connectivity index (χ3v) is 6.10. The van der Waals surface area contributed by atoms with Crippen LogP contribution in [-0.2, 0) is 13.1 Å². The van der Waals surface area contributed by atoms with Crippen LogP contribution in [0.25, 0.3) is 16.3 Å². The Hall–Kier alpha value is -2.88. The topological polar surface area (TPSA) is 79.8 Å². The van der Waals surface area contributed by atoms with Crippen LogP contribution in [0.2, 0.25) is 0 Å². The third-order valence-electron chi connectivity index (χ3n) is 5.34. The minimum absolute atomic E-state index is 0.0179. The van der Waals surface area contributed by atoms with Gasteiger partial charge in [0.2, 0.25) is 11.7 Å². The summed E-state index contributed by atoms with van der Waals surface area (Å²) in [5.41, 5.74) is 2.98. The molecule has 0 spiro atoms. The van der Waals surface area contributed by atoms with E-state index >= 15 is 0 Å². The Bertz CT molecular complexity index is 1200. The lowest BCUT2D eigenvalue weighted by molar-refractivity contribution is 0.111. The molecule has 0 N–H and O–H groups in total. The predicted octanol–water partition coefficient (Wildman–Crippen LogP) is 2.43. The first-order chi connectivity index (χ1) is 14.6. The van der Waals surface area contributed by atoms with Gasteiger partial charge in [-0.1, -0.05) is 35.0 Å². The Morgan fingerprint density at radius 1 is 1.03 bits per heavy atom. The highest BCUT2D eigenvalue weighted by Gasteiger charge is 2.20.